The molecule has 1 aliphatic heterocycles. The molecule has 1 amide bonds. The lowest BCUT2D eigenvalue weighted by atomic mass is 10.1. The minimum absolute atomic E-state index is 0.0333. The van der Waals surface area contributed by atoms with E-state index in [-0.39, 0.29) is 29.2 Å². The number of carboxylic acid groups (broad SMARTS) is 1. The van der Waals surface area contributed by atoms with Crippen LogP contribution in [0.15, 0.2) is 18.2 Å². The topological polar surface area (TPSA) is 121 Å². The molecule has 9 heteroatoms. The number of nitrogens with zero attached hydrogens (tertiary/aromatic N) is 2. The SMILES string of the molecule is O=C(O)[C@@H]1CC(O)CN1C(=O)c1ccc([N+](=O)[O-])c(Cl)c1. The maximum Gasteiger partial charge on any atom is 0.326 e. The van der Waals surface area contributed by atoms with Gasteiger partial charge in [-0.2, -0.15) is 0 Å². The zero-order valence-electron chi connectivity index (χ0n) is 10.6. The smallest absolute Gasteiger partial charge is 0.326 e. The lowest BCUT2D eigenvalue weighted by Gasteiger charge is -2.21. The van der Waals surface area contributed by atoms with Crippen molar-refractivity contribution >= 4 is 29.2 Å². The number of benzene rings is 1. The Morgan fingerprint density at radius 1 is 1.43 bits per heavy atom. The van der Waals surface area contributed by atoms with E-state index in [1.54, 1.807) is 0 Å². The van der Waals surface area contributed by atoms with Crippen molar-refractivity contribution in [2.45, 2.75) is 18.6 Å². The Balaban J connectivity index is 2.29. The van der Waals surface area contributed by atoms with Gasteiger partial charge in [-0.3, -0.25) is 14.9 Å². The Bertz CT molecular complexity index is 620. The van der Waals surface area contributed by atoms with E-state index in [1.165, 1.54) is 6.07 Å². The molecule has 1 unspecified atom stereocenters. The Hall–Kier alpha value is -2.19. The summed E-state index contributed by atoms with van der Waals surface area (Å²) in [6.07, 6.45) is -0.967. The number of nitro benzene ring substituents is 1. The van der Waals surface area contributed by atoms with Gasteiger partial charge in [-0.25, -0.2) is 4.79 Å². The largest absolute Gasteiger partial charge is 0.480 e. The predicted octanol–water partition coefficient (Wildman–Crippen LogP) is 0.908. The number of hydrogen-bond acceptors (Lipinski definition) is 5. The number of aliphatic hydroxyl groups is 1. The normalized spacial score (nSPS) is 21.3. The number of aliphatic hydroxyl groups excluding tert-OH is 1. The molecule has 8 nitrogen and oxygen atoms in total. The molecule has 0 spiro atoms. The van der Waals surface area contributed by atoms with Gasteiger partial charge in [-0.05, 0) is 12.1 Å². The molecule has 112 valence electrons. The van der Waals surface area contributed by atoms with Gasteiger partial charge in [0.1, 0.15) is 11.1 Å². The summed E-state index contributed by atoms with van der Waals surface area (Å²) < 4.78 is 0. The average molecular weight is 315 g/mol. The summed E-state index contributed by atoms with van der Waals surface area (Å²) in [4.78, 5) is 34.3. The molecular weight excluding hydrogens is 304 g/mol. The van der Waals surface area contributed by atoms with Gasteiger partial charge < -0.3 is 15.1 Å². The van der Waals surface area contributed by atoms with Gasteiger partial charge in [0.2, 0.25) is 0 Å². The minimum atomic E-state index is -1.21. The van der Waals surface area contributed by atoms with Crippen LogP contribution in [0.5, 0.6) is 0 Å². The molecule has 0 bridgehead atoms. The van der Waals surface area contributed by atoms with Crippen LogP contribution in [-0.2, 0) is 4.79 Å². The molecular formula is C12H11ClN2O6. The Labute approximate surface area is 123 Å². The summed E-state index contributed by atoms with van der Waals surface area (Å²) in [6, 6.07) is 2.28. The molecule has 2 atom stereocenters. The molecule has 1 saturated heterocycles. The third-order valence-corrected chi connectivity index (χ3v) is 3.52. The number of hydrogen-bond donors (Lipinski definition) is 2. The maximum absolute atomic E-state index is 12.3. The zero-order valence-corrected chi connectivity index (χ0v) is 11.4. The van der Waals surface area contributed by atoms with Crippen LogP contribution in [0.1, 0.15) is 16.8 Å². The Morgan fingerprint density at radius 3 is 2.62 bits per heavy atom. The fourth-order valence-corrected chi connectivity index (χ4v) is 2.48. The number of rotatable bonds is 3. The number of carboxylic acids is 1. The lowest BCUT2D eigenvalue weighted by Crippen LogP contribution is -2.40. The molecule has 1 heterocycles. The highest BCUT2D eigenvalue weighted by Gasteiger charge is 2.39. The first kappa shape index (κ1) is 15.2. The molecule has 2 rings (SSSR count). The number of likely N-dealkylation sites (tertiary alicyclic amines) is 1. The predicted molar refractivity (Wildman–Crippen MR) is 71.2 cm³/mol. The second kappa shape index (κ2) is 5.66. The summed E-state index contributed by atoms with van der Waals surface area (Å²) >= 11 is 5.72. The van der Waals surface area contributed by atoms with Crippen molar-refractivity contribution < 1.29 is 24.7 Å². The van der Waals surface area contributed by atoms with Crippen LogP contribution in [0.2, 0.25) is 5.02 Å². The molecule has 0 saturated carbocycles. The van der Waals surface area contributed by atoms with Crippen molar-refractivity contribution in [3.63, 3.8) is 0 Å². The molecule has 1 aromatic rings. The van der Waals surface area contributed by atoms with Crippen LogP contribution in [0, 0.1) is 10.1 Å². The molecule has 1 fully saturated rings. The first-order chi connectivity index (χ1) is 9.81. The van der Waals surface area contributed by atoms with Gasteiger partial charge in [0, 0.05) is 24.6 Å². The van der Waals surface area contributed by atoms with Gasteiger partial charge in [-0.1, -0.05) is 11.6 Å². The number of aliphatic carboxylic acids is 1. The maximum atomic E-state index is 12.3. The number of carbonyl (C=O) groups excluding carboxylic acids is 1. The van der Waals surface area contributed by atoms with Gasteiger partial charge in [0.05, 0.1) is 11.0 Å². The number of nitro groups is 1. The van der Waals surface area contributed by atoms with Crippen LogP contribution in [0.25, 0.3) is 0 Å². The lowest BCUT2D eigenvalue weighted by molar-refractivity contribution is -0.384. The van der Waals surface area contributed by atoms with E-state index in [0.29, 0.717) is 0 Å². The summed E-state index contributed by atoms with van der Waals surface area (Å²) in [5, 5.41) is 29.0. The first-order valence-electron chi connectivity index (χ1n) is 5.97. The van der Waals surface area contributed by atoms with Crippen LogP contribution < -0.4 is 0 Å². The van der Waals surface area contributed by atoms with E-state index in [9.17, 15) is 24.8 Å². The monoisotopic (exact) mass is 314 g/mol. The van der Waals surface area contributed by atoms with Gasteiger partial charge in [-0.15, -0.1) is 0 Å². The van der Waals surface area contributed by atoms with E-state index in [0.717, 1.165) is 17.0 Å². The van der Waals surface area contributed by atoms with Crippen molar-refractivity contribution in [2.24, 2.45) is 0 Å². The van der Waals surface area contributed by atoms with Crippen molar-refractivity contribution in [1.82, 2.24) is 4.90 Å². The number of β-amino-alcohol motifs (C(OH)–C–C–N with tert-alkyl or cyclic N) is 1. The van der Waals surface area contributed by atoms with Crippen molar-refractivity contribution in [2.75, 3.05) is 6.54 Å². The van der Waals surface area contributed by atoms with E-state index in [2.05, 4.69) is 0 Å². The molecule has 0 aliphatic carbocycles. The van der Waals surface area contributed by atoms with Crippen LogP contribution >= 0.6 is 11.6 Å². The second-order valence-electron chi connectivity index (χ2n) is 4.62. The molecule has 1 aliphatic rings. The average Bonchev–Trinajstić information content (AvgIpc) is 2.79. The Kier molecular flexibility index (Phi) is 4.10. The van der Waals surface area contributed by atoms with Crippen LogP contribution in [-0.4, -0.2) is 50.6 Å². The van der Waals surface area contributed by atoms with E-state index in [1.807, 2.05) is 0 Å². The number of carbonyl (C=O) groups is 2. The molecule has 1 aromatic carbocycles. The Morgan fingerprint density at radius 2 is 2.10 bits per heavy atom. The van der Waals surface area contributed by atoms with Gasteiger partial charge >= 0.3 is 5.97 Å². The number of halogens is 1. The van der Waals surface area contributed by atoms with Gasteiger partial charge in [0.25, 0.3) is 11.6 Å². The van der Waals surface area contributed by atoms with Crippen molar-refractivity contribution in [3.8, 4) is 0 Å². The second-order valence-corrected chi connectivity index (χ2v) is 5.03. The summed E-state index contributed by atoms with van der Waals surface area (Å²) in [6.45, 7) is -0.107. The van der Waals surface area contributed by atoms with Crippen LogP contribution in [0.3, 0.4) is 0 Å². The van der Waals surface area contributed by atoms with E-state index >= 15 is 0 Å². The van der Waals surface area contributed by atoms with Crippen molar-refractivity contribution in [1.29, 1.82) is 0 Å². The first-order valence-corrected chi connectivity index (χ1v) is 6.35. The molecule has 21 heavy (non-hydrogen) atoms. The standard InChI is InChI=1S/C12H11ClN2O6/c13-8-3-6(1-2-9(8)15(20)21)11(17)14-5-7(16)4-10(14)12(18)19/h1-3,7,10,16H,4-5H2,(H,18,19)/t7?,10-/m0/s1. The molecule has 0 aromatic heterocycles. The fourth-order valence-electron chi connectivity index (χ4n) is 2.23. The summed E-state index contributed by atoms with van der Waals surface area (Å²) in [7, 11) is 0. The zero-order chi connectivity index (χ0) is 15.7. The van der Waals surface area contributed by atoms with Crippen molar-refractivity contribution in [3.05, 3.63) is 38.9 Å². The van der Waals surface area contributed by atoms with E-state index < -0.39 is 28.9 Å². The molecule has 2 N–H and O–H groups in total. The van der Waals surface area contributed by atoms with Crippen LogP contribution in [0.4, 0.5) is 5.69 Å². The quantitative estimate of drug-likeness (QED) is 0.631. The third kappa shape index (κ3) is 2.96. The highest BCUT2D eigenvalue weighted by Crippen LogP contribution is 2.27. The summed E-state index contributed by atoms with van der Waals surface area (Å²) in [5.74, 6) is -1.86. The highest BCUT2D eigenvalue weighted by atomic mass is 35.5. The van der Waals surface area contributed by atoms with Gasteiger partial charge in [0.15, 0.2) is 0 Å². The fraction of sp³-hybridized carbons (Fsp3) is 0.333. The van der Waals surface area contributed by atoms with E-state index in [4.69, 9.17) is 16.7 Å². The molecule has 0 radical (unpaired) electrons. The summed E-state index contributed by atoms with van der Waals surface area (Å²) in [5.41, 5.74) is -0.310. The number of amides is 1. The third-order valence-electron chi connectivity index (χ3n) is 3.22. The highest BCUT2D eigenvalue weighted by molar-refractivity contribution is 6.33. The minimum Gasteiger partial charge on any atom is -0.480 e.